The summed E-state index contributed by atoms with van der Waals surface area (Å²) < 4.78 is 0. The van der Waals surface area contributed by atoms with Crippen LogP contribution in [0.4, 0.5) is 0 Å². The summed E-state index contributed by atoms with van der Waals surface area (Å²) in [7, 11) is 0. The molecule has 0 heterocycles. The fraction of sp³-hybridized carbons (Fsp3) is 0.391. The summed E-state index contributed by atoms with van der Waals surface area (Å²) in [6, 6.07) is 15.2. The Morgan fingerprint density at radius 1 is 1.14 bits per heavy atom. The van der Waals surface area contributed by atoms with Crippen molar-refractivity contribution in [2.24, 2.45) is 0 Å². The van der Waals surface area contributed by atoms with Crippen molar-refractivity contribution in [2.45, 2.75) is 45.5 Å². The van der Waals surface area contributed by atoms with Crippen LogP contribution in [0.3, 0.4) is 0 Å². The number of carbonyl (C=O) groups is 2. The van der Waals surface area contributed by atoms with E-state index in [4.69, 9.17) is 11.6 Å². The number of aryl methyl sites for hydroxylation is 1. The van der Waals surface area contributed by atoms with Gasteiger partial charge < -0.3 is 10.2 Å². The summed E-state index contributed by atoms with van der Waals surface area (Å²) in [6.45, 7) is 6.81. The summed E-state index contributed by atoms with van der Waals surface area (Å²) in [5, 5.41) is 3.57. The monoisotopic (exact) mass is 432 g/mol. The second-order valence-corrected chi connectivity index (χ2v) is 8.31. The lowest BCUT2D eigenvalue weighted by Gasteiger charge is -2.30. The standard InChI is InChI=1S/C23H29ClN2O2S/c1-4-21(23(28)25-5-2)26(14-18-10-8-9-17(3)13-18)22(27)16-29-15-19-11-6-7-12-20(19)24/h6-13,21H,4-5,14-16H2,1-3H3,(H,25,28)/t21-/m1/s1. The van der Waals surface area contributed by atoms with E-state index in [0.717, 1.165) is 16.7 Å². The molecule has 0 saturated heterocycles. The second kappa shape index (κ2) is 11.9. The normalized spacial score (nSPS) is 11.7. The molecule has 0 bridgehead atoms. The molecule has 2 rings (SSSR count). The van der Waals surface area contributed by atoms with Crippen LogP contribution in [0.5, 0.6) is 0 Å². The van der Waals surface area contributed by atoms with Gasteiger partial charge >= 0.3 is 0 Å². The lowest BCUT2D eigenvalue weighted by Crippen LogP contribution is -2.49. The van der Waals surface area contributed by atoms with E-state index in [1.165, 1.54) is 11.8 Å². The van der Waals surface area contributed by atoms with Gasteiger partial charge in [-0.1, -0.05) is 66.6 Å². The fourth-order valence-corrected chi connectivity index (χ4v) is 4.36. The van der Waals surface area contributed by atoms with Crippen LogP contribution in [0.25, 0.3) is 0 Å². The number of hydrogen-bond acceptors (Lipinski definition) is 3. The number of amides is 2. The quantitative estimate of drug-likeness (QED) is 0.585. The van der Waals surface area contributed by atoms with E-state index < -0.39 is 6.04 Å². The number of nitrogens with one attached hydrogen (secondary N) is 1. The zero-order valence-electron chi connectivity index (χ0n) is 17.3. The zero-order valence-corrected chi connectivity index (χ0v) is 18.9. The Kier molecular flexibility index (Phi) is 9.55. The van der Waals surface area contributed by atoms with Gasteiger partial charge in [-0.05, 0) is 37.5 Å². The van der Waals surface area contributed by atoms with Gasteiger partial charge in [0.25, 0.3) is 0 Å². The van der Waals surface area contributed by atoms with Gasteiger partial charge in [-0.15, -0.1) is 11.8 Å². The number of carbonyl (C=O) groups excluding carboxylic acids is 2. The Morgan fingerprint density at radius 3 is 2.55 bits per heavy atom. The van der Waals surface area contributed by atoms with E-state index in [-0.39, 0.29) is 11.8 Å². The maximum atomic E-state index is 13.1. The van der Waals surface area contributed by atoms with E-state index in [0.29, 0.717) is 36.0 Å². The molecule has 29 heavy (non-hydrogen) atoms. The predicted molar refractivity (Wildman–Crippen MR) is 122 cm³/mol. The number of nitrogens with zero attached hydrogens (tertiary/aromatic N) is 1. The molecule has 156 valence electrons. The van der Waals surface area contributed by atoms with Gasteiger partial charge in [-0.3, -0.25) is 9.59 Å². The van der Waals surface area contributed by atoms with Crippen LogP contribution >= 0.6 is 23.4 Å². The van der Waals surface area contributed by atoms with Gasteiger partial charge in [0.2, 0.25) is 11.8 Å². The first-order valence-electron chi connectivity index (χ1n) is 9.90. The van der Waals surface area contributed by atoms with E-state index in [9.17, 15) is 9.59 Å². The Labute approximate surface area is 183 Å². The molecule has 0 aromatic heterocycles. The molecule has 0 saturated carbocycles. The summed E-state index contributed by atoms with van der Waals surface area (Å²) in [5.41, 5.74) is 3.17. The third-order valence-electron chi connectivity index (χ3n) is 4.61. The van der Waals surface area contributed by atoms with Crippen LogP contribution in [0.1, 0.15) is 37.0 Å². The maximum Gasteiger partial charge on any atom is 0.242 e. The predicted octanol–water partition coefficient (Wildman–Crippen LogP) is 4.83. The molecule has 0 aliphatic carbocycles. The fourth-order valence-electron chi connectivity index (χ4n) is 3.17. The van der Waals surface area contributed by atoms with E-state index in [2.05, 4.69) is 11.4 Å². The van der Waals surface area contributed by atoms with Crippen LogP contribution < -0.4 is 5.32 Å². The summed E-state index contributed by atoms with van der Waals surface area (Å²) in [5.74, 6) is 0.808. The first-order valence-corrected chi connectivity index (χ1v) is 11.4. The summed E-state index contributed by atoms with van der Waals surface area (Å²) in [4.78, 5) is 27.4. The molecular formula is C23H29ClN2O2S. The zero-order chi connectivity index (χ0) is 21.2. The van der Waals surface area contributed by atoms with Gasteiger partial charge in [0.1, 0.15) is 6.04 Å². The number of likely N-dealkylation sites (N-methyl/N-ethyl adjacent to an activating group) is 1. The maximum absolute atomic E-state index is 13.1. The minimum Gasteiger partial charge on any atom is -0.355 e. The first-order chi connectivity index (χ1) is 14.0. The van der Waals surface area contributed by atoms with Crippen LogP contribution in [0.2, 0.25) is 5.02 Å². The van der Waals surface area contributed by atoms with Gasteiger partial charge in [-0.25, -0.2) is 0 Å². The van der Waals surface area contributed by atoms with Crippen LogP contribution in [0.15, 0.2) is 48.5 Å². The largest absolute Gasteiger partial charge is 0.355 e. The van der Waals surface area contributed by atoms with E-state index >= 15 is 0 Å². The van der Waals surface area contributed by atoms with Gasteiger partial charge in [0.15, 0.2) is 0 Å². The van der Waals surface area contributed by atoms with Crippen molar-refractivity contribution in [3.8, 4) is 0 Å². The van der Waals surface area contributed by atoms with Crippen molar-refractivity contribution in [1.82, 2.24) is 10.2 Å². The van der Waals surface area contributed by atoms with Crippen molar-refractivity contribution in [1.29, 1.82) is 0 Å². The van der Waals surface area contributed by atoms with Crippen LogP contribution in [-0.4, -0.2) is 35.1 Å². The molecule has 0 unspecified atom stereocenters. The second-order valence-electron chi connectivity index (χ2n) is 6.91. The third kappa shape index (κ3) is 7.09. The van der Waals surface area contributed by atoms with Gasteiger partial charge in [0.05, 0.1) is 5.75 Å². The summed E-state index contributed by atoms with van der Waals surface area (Å²) in [6.07, 6.45) is 0.568. The molecule has 0 aliphatic heterocycles. The average molecular weight is 433 g/mol. The molecule has 0 fully saturated rings. The van der Waals surface area contributed by atoms with Crippen molar-refractivity contribution in [3.63, 3.8) is 0 Å². The highest BCUT2D eigenvalue weighted by Crippen LogP contribution is 2.22. The Morgan fingerprint density at radius 2 is 1.90 bits per heavy atom. The highest BCUT2D eigenvalue weighted by atomic mass is 35.5. The minimum absolute atomic E-state index is 0.0401. The molecule has 2 aromatic rings. The number of rotatable bonds is 10. The molecule has 6 heteroatoms. The molecule has 2 amide bonds. The van der Waals surface area contributed by atoms with Crippen molar-refractivity contribution < 1.29 is 9.59 Å². The smallest absolute Gasteiger partial charge is 0.242 e. The van der Waals surface area contributed by atoms with E-state index in [1.807, 2.05) is 63.2 Å². The molecule has 4 nitrogen and oxygen atoms in total. The molecule has 1 N–H and O–H groups in total. The average Bonchev–Trinajstić information content (AvgIpc) is 2.69. The van der Waals surface area contributed by atoms with Gasteiger partial charge in [0, 0.05) is 23.9 Å². The third-order valence-corrected chi connectivity index (χ3v) is 5.95. The highest BCUT2D eigenvalue weighted by molar-refractivity contribution is 7.99. The minimum atomic E-state index is -0.483. The Bertz CT molecular complexity index is 828. The molecule has 0 spiro atoms. The number of hydrogen-bond donors (Lipinski definition) is 1. The van der Waals surface area contributed by atoms with Crippen molar-refractivity contribution in [3.05, 3.63) is 70.2 Å². The molecule has 0 aliphatic rings. The topological polar surface area (TPSA) is 49.4 Å². The lowest BCUT2D eigenvalue weighted by molar-refractivity contribution is -0.139. The Balaban J connectivity index is 2.12. The van der Waals surface area contributed by atoms with Crippen molar-refractivity contribution >= 4 is 35.2 Å². The number of halogens is 1. The number of thioether (sulfide) groups is 1. The SMILES string of the molecule is CCNC(=O)[C@@H](CC)N(Cc1cccc(C)c1)C(=O)CSCc1ccccc1Cl. The lowest BCUT2D eigenvalue weighted by atomic mass is 10.1. The number of benzene rings is 2. The molecule has 2 aromatic carbocycles. The van der Waals surface area contributed by atoms with Crippen LogP contribution in [-0.2, 0) is 21.9 Å². The molecule has 0 radical (unpaired) electrons. The summed E-state index contributed by atoms with van der Waals surface area (Å²) >= 11 is 7.73. The van der Waals surface area contributed by atoms with E-state index in [1.54, 1.807) is 4.90 Å². The molecule has 1 atom stereocenters. The van der Waals surface area contributed by atoms with Gasteiger partial charge in [-0.2, -0.15) is 0 Å². The first kappa shape index (κ1) is 23.3. The Hall–Kier alpha value is -1.98. The van der Waals surface area contributed by atoms with Crippen LogP contribution in [0, 0.1) is 6.92 Å². The van der Waals surface area contributed by atoms with Crippen molar-refractivity contribution in [2.75, 3.05) is 12.3 Å². The molecular weight excluding hydrogens is 404 g/mol. The highest BCUT2D eigenvalue weighted by Gasteiger charge is 2.28.